The van der Waals surface area contributed by atoms with Crippen LogP contribution in [0, 0.1) is 5.92 Å². The van der Waals surface area contributed by atoms with Crippen LogP contribution >= 0.6 is 0 Å². The first-order valence-corrected chi connectivity index (χ1v) is 6.62. The Balaban J connectivity index is 1.88. The Hall–Kier alpha value is -0.860. The average Bonchev–Trinajstić information content (AvgIpc) is 2.38. The SMILES string of the molecule is CNC1CCC(C)CC1OCc1ccccc1. The van der Waals surface area contributed by atoms with Crippen LogP contribution in [0.1, 0.15) is 31.7 Å². The normalized spacial score (nSPS) is 29.2. The van der Waals surface area contributed by atoms with Crippen molar-refractivity contribution in [3.8, 4) is 0 Å². The van der Waals surface area contributed by atoms with Crippen LogP contribution in [0.2, 0.25) is 0 Å². The third-order valence-corrected chi connectivity index (χ3v) is 3.73. The lowest BCUT2D eigenvalue weighted by Crippen LogP contribution is -2.43. The molecule has 2 heteroatoms. The molecule has 1 aliphatic carbocycles. The zero-order chi connectivity index (χ0) is 12.1. The van der Waals surface area contributed by atoms with E-state index in [0.29, 0.717) is 12.1 Å². The van der Waals surface area contributed by atoms with Crippen LogP contribution in [0.3, 0.4) is 0 Å². The van der Waals surface area contributed by atoms with Crippen molar-refractivity contribution in [2.75, 3.05) is 7.05 Å². The van der Waals surface area contributed by atoms with Gasteiger partial charge in [-0.25, -0.2) is 0 Å². The lowest BCUT2D eigenvalue weighted by molar-refractivity contribution is -0.0157. The molecule has 2 rings (SSSR count). The van der Waals surface area contributed by atoms with E-state index in [1.807, 2.05) is 13.1 Å². The maximum Gasteiger partial charge on any atom is 0.0735 e. The van der Waals surface area contributed by atoms with Crippen LogP contribution in [-0.2, 0) is 11.3 Å². The molecule has 0 bridgehead atoms. The molecule has 2 nitrogen and oxygen atoms in total. The monoisotopic (exact) mass is 233 g/mol. The summed E-state index contributed by atoms with van der Waals surface area (Å²) >= 11 is 0. The zero-order valence-corrected chi connectivity index (χ0v) is 10.9. The predicted octanol–water partition coefficient (Wildman–Crippen LogP) is 2.98. The summed E-state index contributed by atoms with van der Waals surface area (Å²) in [5, 5.41) is 3.39. The Labute approximate surface area is 104 Å². The van der Waals surface area contributed by atoms with E-state index in [0.717, 1.165) is 12.5 Å². The molecular weight excluding hydrogens is 210 g/mol. The van der Waals surface area contributed by atoms with Crippen molar-refractivity contribution in [3.63, 3.8) is 0 Å². The van der Waals surface area contributed by atoms with Crippen LogP contribution in [-0.4, -0.2) is 19.2 Å². The maximum atomic E-state index is 6.08. The fraction of sp³-hybridized carbons (Fsp3) is 0.600. The molecule has 0 amide bonds. The van der Waals surface area contributed by atoms with E-state index in [2.05, 4.69) is 36.5 Å². The summed E-state index contributed by atoms with van der Waals surface area (Å²) in [5.74, 6) is 0.792. The molecule has 1 N–H and O–H groups in total. The summed E-state index contributed by atoms with van der Waals surface area (Å²) in [7, 11) is 2.04. The van der Waals surface area contributed by atoms with Crippen molar-refractivity contribution < 1.29 is 4.74 Å². The highest BCUT2D eigenvalue weighted by molar-refractivity contribution is 5.13. The Morgan fingerprint density at radius 1 is 1.24 bits per heavy atom. The van der Waals surface area contributed by atoms with E-state index in [1.165, 1.54) is 24.8 Å². The van der Waals surface area contributed by atoms with E-state index < -0.39 is 0 Å². The second kappa shape index (κ2) is 6.18. The van der Waals surface area contributed by atoms with Gasteiger partial charge in [0.1, 0.15) is 0 Å². The molecule has 0 aromatic heterocycles. The molecule has 17 heavy (non-hydrogen) atoms. The van der Waals surface area contributed by atoms with Crippen molar-refractivity contribution >= 4 is 0 Å². The van der Waals surface area contributed by atoms with Crippen LogP contribution in [0.15, 0.2) is 30.3 Å². The highest BCUT2D eigenvalue weighted by Gasteiger charge is 2.27. The van der Waals surface area contributed by atoms with Gasteiger partial charge in [0.15, 0.2) is 0 Å². The topological polar surface area (TPSA) is 21.3 Å². The molecule has 0 radical (unpaired) electrons. The molecule has 1 aromatic rings. The minimum Gasteiger partial charge on any atom is -0.372 e. The van der Waals surface area contributed by atoms with Crippen LogP contribution in [0.4, 0.5) is 0 Å². The van der Waals surface area contributed by atoms with Crippen molar-refractivity contribution in [2.24, 2.45) is 5.92 Å². The Morgan fingerprint density at radius 2 is 2.00 bits per heavy atom. The number of likely N-dealkylation sites (N-methyl/N-ethyl adjacent to an activating group) is 1. The standard InChI is InChI=1S/C15H23NO/c1-12-8-9-14(16-2)15(10-12)17-11-13-6-4-3-5-7-13/h3-7,12,14-16H,8-11H2,1-2H3. The van der Waals surface area contributed by atoms with Gasteiger partial charge in [0.2, 0.25) is 0 Å². The fourth-order valence-corrected chi connectivity index (χ4v) is 2.62. The Kier molecular flexibility index (Phi) is 4.57. The first-order chi connectivity index (χ1) is 8.29. The van der Waals surface area contributed by atoms with Gasteiger partial charge in [-0.1, -0.05) is 37.3 Å². The quantitative estimate of drug-likeness (QED) is 0.863. The molecule has 1 aliphatic rings. The third kappa shape index (κ3) is 3.55. The number of rotatable bonds is 4. The lowest BCUT2D eigenvalue weighted by atomic mass is 9.85. The number of ether oxygens (including phenoxy) is 1. The van der Waals surface area contributed by atoms with Gasteiger partial charge in [0.05, 0.1) is 12.7 Å². The van der Waals surface area contributed by atoms with Crippen molar-refractivity contribution in [1.29, 1.82) is 0 Å². The van der Waals surface area contributed by atoms with Gasteiger partial charge in [-0.2, -0.15) is 0 Å². The van der Waals surface area contributed by atoms with Gasteiger partial charge in [-0.05, 0) is 37.8 Å². The van der Waals surface area contributed by atoms with Gasteiger partial charge in [0.25, 0.3) is 0 Å². The van der Waals surface area contributed by atoms with Gasteiger partial charge < -0.3 is 10.1 Å². The molecule has 0 heterocycles. The Bertz CT molecular complexity index is 325. The van der Waals surface area contributed by atoms with Crippen LogP contribution in [0.5, 0.6) is 0 Å². The first kappa shape index (κ1) is 12.6. The number of nitrogens with one attached hydrogen (secondary N) is 1. The van der Waals surface area contributed by atoms with Gasteiger partial charge >= 0.3 is 0 Å². The van der Waals surface area contributed by atoms with Crippen molar-refractivity contribution in [3.05, 3.63) is 35.9 Å². The Morgan fingerprint density at radius 3 is 2.71 bits per heavy atom. The van der Waals surface area contributed by atoms with Crippen molar-refractivity contribution in [1.82, 2.24) is 5.32 Å². The molecule has 3 atom stereocenters. The van der Waals surface area contributed by atoms with E-state index >= 15 is 0 Å². The second-order valence-corrected chi connectivity index (χ2v) is 5.15. The van der Waals surface area contributed by atoms with Gasteiger partial charge in [-0.3, -0.25) is 0 Å². The second-order valence-electron chi connectivity index (χ2n) is 5.15. The smallest absolute Gasteiger partial charge is 0.0735 e. The van der Waals surface area contributed by atoms with Crippen LogP contribution in [0.25, 0.3) is 0 Å². The highest BCUT2D eigenvalue weighted by atomic mass is 16.5. The molecule has 0 aliphatic heterocycles. The lowest BCUT2D eigenvalue weighted by Gasteiger charge is -2.34. The molecule has 0 spiro atoms. The minimum atomic E-state index is 0.365. The molecule has 1 saturated carbocycles. The van der Waals surface area contributed by atoms with E-state index in [1.54, 1.807) is 0 Å². The fourth-order valence-electron chi connectivity index (χ4n) is 2.62. The molecule has 1 aromatic carbocycles. The first-order valence-electron chi connectivity index (χ1n) is 6.62. The number of hydrogen-bond donors (Lipinski definition) is 1. The van der Waals surface area contributed by atoms with Gasteiger partial charge in [0, 0.05) is 6.04 Å². The minimum absolute atomic E-state index is 0.365. The molecule has 1 fully saturated rings. The molecule has 3 unspecified atom stereocenters. The van der Waals surface area contributed by atoms with E-state index in [9.17, 15) is 0 Å². The maximum absolute atomic E-state index is 6.08. The summed E-state index contributed by atoms with van der Waals surface area (Å²) in [5.41, 5.74) is 1.26. The summed E-state index contributed by atoms with van der Waals surface area (Å²) in [6.07, 6.45) is 4.09. The number of hydrogen-bond acceptors (Lipinski definition) is 2. The van der Waals surface area contributed by atoms with Gasteiger partial charge in [-0.15, -0.1) is 0 Å². The summed E-state index contributed by atoms with van der Waals surface area (Å²) < 4.78 is 6.08. The summed E-state index contributed by atoms with van der Waals surface area (Å²) in [6, 6.07) is 11.0. The zero-order valence-electron chi connectivity index (χ0n) is 10.9. The predicted molar refractivity (Wildman–Crippen MR) is 70.9 cm³/mol. The molecular formula is C15H23NO. The summed E-state index contributed by atoms with van der Waals surface area (Å²) in [6.45, 7) is 3.06. The van der Waals surface area contributed by atoms with E-state index in [-0.39, 0.29) is 0 Å². The van der Waals surface area contributed by atoms with Crippen molar-refractivity contribution in [2.45, 2.75) is 44.9 Å². The molecule has 94 valence electrons. The summed E-state index contributed by atoms with van der Waals surface area (Å²) in [4.78, 5) is 0. The van der Waals surface area contributed by atoms with Crippen LogP contribution < -0.4 is 5.32 Å². The highest BCUT2D eigenvalue weighted by Crippen LogP contribution is 2.26. The third-order valence-electron chi connectivity index (χ3n) is 3.73. The molecule has 0 saturated heterocycles. The van der Waals surface area contributed by atoms with E-state index in [4.69, 9.17) is 4.74 Å². The average molecular weight is 233 g/mol. The number of benzene rings is 1. The largest absolute Gasteiger partial charge is 0.372 e.